The lowest BCUT2D eigenvalue weighted by Crippen LogP contribution is -2.52. The van der Waals surface area contributed by atoms with Crippen molar-refractivity contribution in [3.05, 3.63) is 53.3 Å². The maximum atomic E-state index is 12.6. The number of ether oxygens (including phenoxy) is 1. The van der Waals surface area contributed by atoms with Crippen LogP contribution in [0.2, 0.25) is 5.02 Å². The smallest absolute Gasteiger partial charge is 0.319 e. The van der Waals surface area contributed by atoms with Crippen LogP contribution in [0, 0.1) is 0 Å². The van der Waals surface area contributed by atoms with Gasteiger partial charge in [-0.3, -0.25) is 14.7 Å². The number of nitrogens with one attached hydrogen (secondary N) is 2. The minimum Gasteiger partial charge on any atom is -0.495 e. The zero-order valence-corrected chi connectivity index (χ0v) is 18.7. The molecule has 1 aliphatic heterocycles. The fraction of sp³-hybridized carbons (Fsp3) is 0.409. The molecule has 0 radical (unpaired) electrons. The number of amides is 3. The first-order chi connectivity index (χ1) is 14.9. The van der Waals surface area contributed by atoms with Crippen molar-refractivity contribution in [3.63, 3.8) is 0 Å². The molecule has 1 aliphatic rings. The number of piperidine rings is 1. The Bertz CT molecular complexity index is 889. The minimum absolute atomic E-state index is 0.0494. The van der Waals surface area contributed by atoms with Gasteiger partial charge in [0.15, 0.2) is 0 Å². The highest BCUT2D eigenvalue weighted by Gasteiger charge is 2.33. The summed E-state index contributed by atoms with van der Waals surface area (Å²) in [5.41, 5.74) is 1.51. The lowest BCUT2D eigenvalue weighted by molar-refractivity contribution is -0.130. The number of aromatic nitrogens is 1. The van der Waals surface area contributed by atoms with E-state index in [4.69, 9.17) is 16.3 Å². The Hall–Kier alpha value is -2.84. The molecule has 31 heavy (non-hydrogen) atoms. The first kappa shape index (κ1) is 22.8. The summed E-state index contributed by atoms with van der Waals surface area (Å²) in [5.74, 6) is 0.656. The summed E-state index contributed by atoms with van der Waals surface area (Å²) in [6, 6.07) is 10.3. The summed E-state index contributed by atoms with van der Waals surface area (Å²) in [6.07, 6.45) is 2.37. The van der Waals surface area contributed by atoms with Gasteiger partial charge in [-0.1, -0.05) is 11.6 Å². The first-order valence-electron chi connectivity index (χ1n) is 10.1. The van der Waals surface area contributed by atoms with Crippen LogP contribution >= 0.6 is 11.6 Å². The second-order valence-electron chi connectivity index (χ2n) is 7.75. The molecule has 9 heteroatoms. The molecule has 2 atom stereocenters. The Morgan fingerprint density at radius 3 is 2.58 bits per heavy atom. The van der Waals surface area contributed by atoms with Crippen LogP contribution in [0.1, 0.15) is 18.0 Å². The fourth-order valence-electron chi connectivity index (χ4n) is 3.57. The Labute approximate surface area is 187 Å². The van der Waals surface area contributed by atoms with Crippen molar-refractivity contribution in [1.29, 1.82) is 0 Å². The number of hydrogen-bond donors (Lipinski definition) is 2. The van der Waals surface area contributed by atoms with Gasteiger partial charge in [0.1, 0.15) is 5.75 Å². The van der Waals surface area contributed by atoms with Crippen molar-refractivity contribution in [2.75, 3.05) is 46.2 Å². The normalized spacial score (nSPS) is 18.8. The molecule has 0 unspecified atom stereocenters. The number of nitrogens with zero attached hydrogens (tertiary/aromatic N) is 3. The van der Waals surface area contributed by atoms with Gasteiger partial charge in [-0.2, -0.15) is 0 Å². The number of benzene rings is 1. The molecule has 3 rings (SSSR count). The zero-order valence-electron chi connectivity index (χ0n) is 18.0. The van der Waals surface area contributed by atoms with E-state index in [2.05, 4.69) is 20.5 Å². The number of carbonyl (C=O) groups excluding carboxylic acids is 2. The van der Waals surface area contributed by atoms with Gasteiger partial charge in [-0.15, -0.1) is 0 Å². The van der Waals surface area contributed by atoms with Crippen LogP contribution in [-0.4, -0.2) is 73.6 Å². The van der Waals surface area contributed by atoms with Crippen molar-refractivity contribution in [3.8, 4) is 5.75 Å². The van der Waals surface area contributed by atoms with E-state index in [1.54, 1.807) is 56.6 Å². The average molecular weight is 446 g/mol. The van der Waals surface area contributed by atoms with E-state index in [9.17, 15) is 9.59 Å². The Balaban J connectivity index is 1.72. The molecule has 8 nitrogen and oxygen atoms in total. The van der Waals surface area contributed by atoms with Gasteiger partial charge >= 0.3 is 6.03 Å². The molecule has 0 bridgehead atoms. The van der Waals surface area contributed by atoms with Crippen molar-refractivity contribution in [2.45, 2.75) is 18.4 Å². The maximum absolute atomic E-state index is 12.6. The Morgan fingerprint density at radius 2 is 1.97 bits per heavy atom. The molecule has 2 aromatic rings. The van der Waals surface area contributed by atoms with E-state index >= 15 is 0 Å². The van der Waals surface area contributed by atoms with Crippen molar-refractivity contribution in [2.24, 2.45) is 0 Å². The van der Waals surface area contributed by atoms with Gasteiger partial charge < -0.3 is 20.3 Å². The number of anilines is 1. The number of pyridine rings is 1. The van der Waals surface area contributed by atoms with E-state index < -0.39 is 0 Å². The van der Waals surface area contributed by atoms with Gasteiger partial charge in [-0.25, -0.2) is 4.79 Å². The van der Waals surface area contributed by atoms with E-state index in [1.165, 1.54) is 0 Å². The summed E-state index contributed by atoms with van der Waals surface area (Å²) in [4.78, 5) is 33.0. The van der Waals surface area contributed by atoms with E-state index in [0.717, 1.165) is 5.69 Å². The van der Waals surface area contributed by atoms with Crippen LogP contribution in [0.4, 0.5) is 10.5 Å². The third-order valence-corrected chi connectivity index (χ3v) is 5.60. The number of urea groups is 1. The monoisotopic (exact) mass is 445 g/mol. The number of rotatable bonds is 6. The standard InChI is InChI=1S/C22H28ClN5O3/c1-27(2)21(29)14-28-11-10-20(18(13-28)19-9-8-17(31-3)12-24-19)26-22(30)25-16-6-4-15(23)5-7-16/h4-9,12,18,20H,10-11,13-14H2,1-3H3,(H2,25,26,30)/t18-,20+/m0/s1. The highest BCUT2D eigenvalue weighted by molar-refractivity contribution is 6.30. The number of halogens is 1. The number of likely N-dealkylation sites (tertiary alicyclic amines) is 1. The molecule has 0 aliphatic carbocycles. The molecule has 0 saturated carbocycles. The maximum Gasteiger partial charge on any atom is 0.319 e. The van der Waals surface area contributed by atoms with Crippen LogP contribution in [0.25, 0.3) is 0 Å². The summed E-state index contributed by atoms with van der Waals surface area (Å²) in [7, 11) is 5.10. The Morgan fingerprint density at radius 1 is 1.23 bits per heavy atom. The van der Waals surface area contributed by atoms with E-state index in [1.807, 2.05) is 12.1 Å². The highest BCUT2D eigenvalue weighted by atomic mass is 35.5. The molecule has 1 aromatic carbocycles. The zero-order chi connectivity index (χ0) is 22.4. The number of carbonyl (C=O) groups is 2. The largest absolute Gasteiger partial charge is 0.495 e. The predicted octanol–water partition coefficient (Wildman–Crippen LogP) is 2.81. The number of methoxy groups -OCH3 is 1. The van der Waals surface area contributed by atoms with Gasteiger partial charge in [0.25, 0.3) is 0 Å². The molecule has 166 valence electrons. The molecular formula is C22H28ClN5O3. The van der Waals surface area contributed by atoms with Crippen LogP contribution in [0.5, 0.6) is 5.75 Å². The van der Waals surface area contributed by atoms with Crippen LogP contribution < -0.4 is 15.4 Å². The summed E-state index contributed by atoms with van der Waals surface area (Å²) >= 11 is 5.91. The molecule has 1 saturated heterocycles. The minimum atomic E-state index is -0.288. The second kappa shape index (κ2) is 10.5. The highest BCUT2D eigenvalue weighted by Crippen LogP contribution is 2.27. The molecule has 2 heterocycles. The lowest BCUT2D eigenvalue weighted by atomic mass is 9.88. The molecule has 3 amide bonds. The molecule has 0 spiro atoms. The van der Waals surface area contributed by atoms with Crippen LogP contribution in [-0.2, 0) is 4.79 Å². The number of hydrogen-bond acceptors (Lipinski definition) is 5. The SMILES string of the molecule is COc1ccc([C@@H]2CN(CC(=O)N(C)C)CC[C@H]2NC(=O)Nc2ccc(Cl)cc2)nc1. The first-order valence-corrected chi connectivity index (χ1v) is 10.5. The fourth-order valence-corrected chi connectivity index (χ4v) is 3.69. The van der Waals surface area contributed by atoms with Gasteiger partial charge in [0, 0.05) is 55.5 Å². The van der Waals surface area contributed by atoms with E-state index in [-0.39, 0.29) is 23.9 Å². The average Bonchev–Trinajstić information content (AvgIpc) is 2.76. The predicted molar refractivity (Wildman–Crippen MR) is 121 cm³/mol. The molecular weight excluding hydrogens is 418 g/mol. The van der Waals surface area contributed by atoms with Crippen molar-refractivity contribution in [1.82, 2.24) is 20.1 Å². The summed E-state index contributed by atoms with van der Waals surface area (Å²) in [6.45, 7) is 1.66. The Kier molecular flexibility index (Phi) is 7.70. The number of likely N-dealkylation sites (N-methyl/N-ethyl adjacent to an activating group) is 1. The van der Waals surface area contributed by atoms with Crippen molar-refractivity contribution >= 4 is 29.2 Å². The molecule has 1 fully saturated rings. The molecule has 1 aromatic heterocycles. The lowest BCUT2D eigenvalue weighted by Gasteiger charge is -2.38. The van der Waals surface area contributed by atoms with Gasteiger partial charge in [0.05, 0.1) is 19.9 Å². The third-order valence-electron chi connectivity index (χ3n) is 5.35. The summed E-state index contributed by atoms with van der Waals surface area (Å²) < 4.78 is 5.21. The third kappa shape index (κ3) is 6.32. The quantitative estimate of drug-likeness (QED) is 0.714. The second-order valence-corrected chi connectivity index (χ2v) is 8.19. The van der Waals surface area contributed by atoms with Crippen LogP contribution in [0.3, 0.4) is 0 Å². The summed E-state index contributed by atoms with van der Waals surface area (Å²) in [5, 5.41) is 6.53. The van der Waals surface area contributed by atoms with Gasteiger partial charge in [-0.05, 0) is 42.8 Å². The molecule has 2 N–H and O–H groups in total. The van der Waals surface area contributed by atoms with Gasteiger partial charge in [0.2, 0.25) is 5.91 Å². The van der Waals surface area contributed by atoms with Crippen molar-refractivity contribution < 1.29 is 14.3 Å². The van der Waals surface area contributed by atoms with E-state index in [0.29, 0.717) is 42.5 Å². The van der Waals surface area contributed by atoms with Crippen LogP contribution in [0.15, 0.2) is 42.6 Å². The topological polar surface area (TPSA) is 86.8 Å².